The van der Waals surface area contributed by atoms with E-state index in [1.54, 1.807) is 0 Å². The van der Waals surface area contributed by atoms with Gasteiger partial charge in [-0.1, -0.05) is 31.5 Å². The molecule has 1 saturated carbocycles. The van der Waals surface area contributed by atoms with Gasteiger partial charge in [0.15, 0.2) is 0 Å². The zero-order valence-electron chi connectivity index (χ0n) is 14.0. The summed E-state index contributed by atoms with van der Waals surface area (Å²) >= 11 is 0. The Labute approximate surface area is 137 Å². The van der Waals surface area contributed by atoms with E-state index >= 15 is 0 Å². The van der Waals surface area contributed by atoms with Gasteiger partial charge in [0.2, 0.25) is 5.91 Å². The molecule has 3 atom stereocenters. The molecule has 1 aromatic heterocycles. The lowest BCUT2D eigenvalue weighted by Gasteiger charge is -2.55. The Kier molecular flexibility index (Phi) is 2.68. The summed E-state index contributed by atoms with van der Waals surface area (Å²) in [6, 6.07) is 9.10. The van der Waals surface area contributed by atoms with Crippen LogP contribution in [-0.2, 0) is 6.54 Å². The molecule has 2 aromatic rings. The number of fused-ring (bicyclic) bond motifs is 3. The van der Waals surface area contributed by atoms with Crippen molar-refractivity contribution < 1.29 is 4.79 Å². The molecule has 3 nitrogen and oxygen atoms in total. The Balaban J connectivity index is 1.88. The van der Waals surface area contributed by atoms with Gasteiger partial charge in [-0.15, -0.1) is 0 Å². The predicted octanol–water partition coefficient (Wildman–Crippen LogP) is 4.16. The number of para-hydroxylation sites is 1. The first-order chi connectivity index (χ1) is 11.2. The second-order valence-corrected chi connectivity index (χ2v) is 7.86. The molecule has 3 heterocycles. The minimum atomic E-state index is 0.188. The zero-order valence-corrected chi connectivity index (χ0v) is 14.0. The maximum Gasteiger partial charge on any atom is 0.231 e. The Hall–Kier alpha value is -1.61. The SMILES string of the molecule is CC[C@@]12CCC[C@H]3[C@@H]1c1c(c4ccccc4n1C(=O)C2)CN3C. The second kappa shape index (κ2) is 4.47. The Morgan fingerprint density at radius 1 is 1.30 bits per heavy atom. The lowest BCUT2D eigenvalue weighted by molar-refractivity contribution is 0.0141. The van der Waals surface area contributed by atoms with Gasteiger partial charge < -0.3 is 0 Å². The number of nitrogens with zero attached hydrogens (tertiary/aromatic N) is 2. The molecule has 1 fully saturated rings. The third-order valence-corrected chi connectivity index (χ3v) is 6.96. The van der Waals surface area contributed by atoms with E-state index in [9.17, 15) is 4.79 Å². The Bertz CT molecular complexity index is 820. The molecule has 0 unspecified atom stereocenters. The molecule has 2 aliphatic heterocycles. The van der Waals surface area contributed by atoms with Gasteiger partial charge in [0, 0.05) is 36.0 Å². The van der Waals surface area contributed by atoms with E-state index in [1.807, 2.05) is 0 Å². The fraction of sp³-hybridized carbons (Fsp3) is 0.550. The minimum Gasteiger partial charge on any atom is -0.298 e. The molecular formula is C20H24N2O. The topological polar surface area (TPSA) is 25.2 Å². The average Bonchev–Trinajstić information content (AvgIpc) is 2.90. The highest BCUT2D eigenvalue weighted by Crippen LogP contribution is 2.59. The Morgan fingerprint density at radius 3 is 2.96 bits per heavy atom. The number of carbonyl (C=O) groups is 1. The van der Waals surface area contributed by atoms with Crippen molar-refractivity contribution in [3.63, 3.8) is 0 Å². The monoisotopic (exact) mass is 308 g/mol. The molecule has 0 amide bonds. The first-order valence-electron chi connectivity index (χ1n) is 9.02. The largest absolute Gasteiger partial charge is 0.298 e. The number of rotatable bonds is 1. The third-order valence-electron chi connectivity index (χ3n) is 6.96. The van der Waals surface area contributed by atoms with Crippen molar-refractivity contribution >= 4 is 16.8 Å². The normalized spacial score (nSPS) is 33.0. The van der Waals surface area contributed by atoms with Gasteiger partial charge >= 0.3 is 0 Å². The summed E-state index contributed by atoms with van der Waals surface area (Å²) in [5.74, 6) is 0.853. The quantitative estimate of drug-likeness (QED) is 0.790. The summed E-state index contributed by atoms with van der Waals surface area (Å²) in [7, 11) is 2.28. The molecule has 1 aliphatic carbocycles. The van der Waals surface area contributed by atoms with Crippen LogP contribution in [-0.4, -0.2) is 28.5 Å². The van der Waals surface area contributed by atoms with Crippen molar-refractivity contribution in [3.05, 3.63) is 35.5 Å². The number of carbonyl (C=O) groups excluding carboxylic acids is 1. The van der Waals surface area contributed by atoms with Gasteiger partial charge in [-0.25, -0.2) is 0 Å². The predicted molar refractivity (Wildman–Crippen MR) is 91.8 cm³/mol. The molecule has 3 heteroatoms. The average molecular weight is 308 g/mol. The first-order valence-corrected chi connectivity index (χ1v) is 9.02. The molecule has 23 heavy (non-hydrogen) atoms. The van der Waals surface area contributed by atoms with E-state index in [4.69, 9.17) is 0 Å². The van der Waals surface area contributed by atoms with E-state index in [1.165, 1.54) is 35.9 Å². The van der Waals surface area contributed by atoms with Crippen LogP contribution in [0.25, 0.3) is 10.9 Å². The van der Waals surface area contributed by atoms with Crippen molar-refractivity contribution in [2.75, 3.05) is 7.05 Å². The maximum atomic E-state index is 13.1. The number of aromatic nitrogens is 1. The van der Waals surface area contributed by atoms with E-state index < -0.39 is 0 Å². The lowest BCUT2D eigenvalue weighted by atomic mass is 9.57. The van der Waals surface area contributed by atoms with Gasteiger partial charge in [-0.05, 0) is 43.4 Å². The maximum absolute atomic E-state index is 13.1. The van der Waals surface area contributed by atoms with Crippen LogP contribution in [0.4, 0.5) is 0 Å². The van der Waals surface area contributed by atoms with E-state index in [0.29, 0.717) is 17.9 Å². The smallest absolute Gasteiger partial charge is 0.231 e. The van der Waals surface area contributed by atoms with Crippen molar-refractivity contribution in [1.29, 1.82) is 0 Å². The summed E-state index contributed by atoms with van der Waals surface area (Å²) in [6.07, 6.45) is 5.60. The van der Waals surface area contributed by atoms with E-state index in [2.05, 4.69) is 47.7 Å². The van der Waals surface area contributed by atoms with Gasteiger partial charge in [0.25, 0.3) is 0 Å². The summed E-state index contributed by atoms with van der Waals surface area (Å²) in [5.41, 5.74) is 4.10. The number of hydrogen-bond acceptors (Lipinski definition) is 2. The molecule has 120 valence electrons. The highest BCUT2D eigenvalue weighted by atomic mass is 16.2. The van der Waals surface area contributed by atoms with Crippen LogP contribution in [0, 0.1) is 5.41 Å². The van der Waals surface area contributed by atoms with Crippen LogP contribution >= 0.6 is 0 Å². The summed E-state index contributed by atoms with van der Waals surface area (Å²) < 4.78 is 2.09. The number of benzene rings is 1. The fourth-order valence-corrected chi connectivity index (χ4v) is 5.90. The van der Waals surface area contributed by atoms with Crippen LogP contribution in [0.1, 0.15) is 61.0 Å². The highest BCUT2D eigenvalue weighted by Gasteiger charge is 2.54. The molecule has 0 N–H and O–H groups in total. The van der Waals surface area contributed by atoms with Crippen molar-refractivity contribution in [1.82, 2.24) is 9.47 Å². The van der Waals surface area contributed by atoms with Crippen LogP contribution in [0.3, 0.4) is 0 Å². The molecule has 0 spiro atoms. The molecular weight excluding hydrogens is 284 g/mol. The second-order valence-electron chi connectivity index (χ2n) is 7.86. The fourth-order valence-electron chi connectivity index (χ4n) is 5.90. The van der Waals surface area contributed by atoms with Crippen molar-refractivity contribution in [3.8, 4) is 0 Å². The Morgan fingerprint density at radius 2 is 2.13 bits per heavy atom. The third kappa shape index (κ3) is 1.56. The minimum absolute atomic E-state index is 0.188. The first kappa shape index (κ1) is 13.8. The van der Waals surface area contributed by atoms with Gasteiger partial charge in [0.1, 0.15) is 0 Å². The van der Waals surface area contributed by atoms with Crippen molar-refractivity contribution in [2.24, 2.45) is 5.41 Å². The van der Waals surface area contributed by atoms with Gasteiger partial charge in [-0.3, -0.25) is 14.3 Å². The van der Waals surface area contributed by atoms with E-state index in [0.717, 1.165) is 24.9 Å². The number of hydrogen-bond donors (Lipinski definition) is 0. The molecule has 0 saturated heterocycles. The molecule has 1 aromatic carbocycles. The van der Waals surface area contributed by atoms with Crippen LogP contribution in [0.5, 0.6) is 0 Å². The number of likely N-dealkylation sites (N-methyl/N-ethyl adjacent to an activating group) is 1. The zero-order chi connectivity index (χ0) is 15.8. The van der Waals surface area contributed by atoms with Gasteiger partial charge in [0.05, 0.1) is 5.52 Å². The van der Waals surface area contributed by atoms with Crippen LogP contribution in [0.15, 0.2) is 24.3 Å². The summed E-state index contributed by atoms with van der Waals surface area (Å²) in [6.45, 7) is 3.28. The van der Waals surface area contributed by atoms with Crippen LogP contribution < -0.4 is 0 Å². The molecule has 5 rings (SSSR count). The van der Waals surface area contributed by atoms with E-state index in [-0.39, 0.29) is 5.41 Å². The summed E-state index contributed by atoms with van der Waals surface area (Å²) in [5, 5.41) is 1.29. The highest BCUT2D eigenvalue weighted by molar-refractivity contribution is 5.98. The summed E-state index contributed by atoms with van der Waals surface area (Å²) in [4.78, 5) is 15.7. The molecule has 0 radical (unpaired) electrons. The van der Waals surface area contributed by atoms with Gasteiger partial charge in [-0.2, -0.15) is 0 Å². The van der Waals surface area contributed by atoms with Crippen LogP contribution in [0.2, 0.25) is 0 Å². The van der Waals surface area contributed by atoms with Crippen molar-refractivity contribution in [2.45, 2.75) is 57.5 Å². The molecule has 3 aliphatic rings. The molecule has 0 bridgehead atoms. The standard InChI is InChI=1S/C20H24N2O/c1-3-20-10-6-9-16-18(20)19-14(12-21(16)2)13-7-4-5-8-15(13)22(19)17(23)11-20/h4-5,7-8,16,18H,3,6,9-12H2,1-2H3/t16-,18+,20-/m0/s1. The lowest BCUT2D eigenvalue weighted by Crippen LogP contribution is -2.54.